The Bertz CT molecular complexity index is 1490. The first-order valence-corrected chi connectivity index (χ1v) is 13.7. The number of amides is 2. The minimum Gasteiger partial charge on any atom is -0.444 e. The average Bonchev–Trinajstić information content (AvgIpc) is 3.31. The van der Waals surface area contributed by atoms with Crippen molar-refractivity contribution in [1.29, 1.82) is 0 Å². The van der Waals surface area contributed by atoms with E-state index in [1.807, 2.05) is 42.6 Å². The number of aromatic nitrogens is 2. The van der Waals surface area contributed by atoms with Gasteiger partial charge in [0.05, 0.1) is 5.52 Å². The van der Waals surface area contributed by atoms with Gasteiger partial charge in [-0.15, -0.1) is 0 Å². The number of pyridine rings is 1. The Morgan fingerprint density at radius 3 is 2.56 bits per heavy atom. The van der Waals surface area contributed by atoms with Crippen LogP contribution in [0.1, 0.15) is 50.4 Å². The van der Waals surface area contributed by atoms with Gasteiger partial charge in [-0.2, -0.15) is 0 Å². The maximum Gasteiger partial charge on any atom is 0.408 e. The summed E-state index contributed by atoms with van der Waals surface area (Å²) < 4.78 is 5.45. The third-order valence-corrected chi connectivity index (χ3v) is 7.00. The molecule has 2 heterocycles. The molecule has 1 aliphatic rings. The fourth-order valence-corrected chi connectivity index (χ4v) is 5.25. The van der Waals surface area contributed by atoms with Crippen LogP contribution in [0.4, 0.5) is 10.5 Å². The zero-order chi connectivity index (χ0) is 27.4. The SMILES string of the molecule is CC(C)(C)OC(=O)N[C@@H](Cc1c[nH]c2ccccc12)C(=O)NCCNc1c2c(nc3ccccc13)CCCC2. The van der Waals surface area contributed by atoms with E-state index in [1.165, 1.54) is 11.3 Å². The highest BCUT2D eigenvalue weighted by molar-refractivity contribution is 5.93. The summed E-state index contributed by atoms with van der Waals surface area (Å²) in [5.41, 5.74) is 5.84. The molecule has 0 unspecified atom stereocenters. The second kappa shape index (κ2) is 11.4. The van der Waals surface area contributed by atoms with Gasteiger partial charge in [-0.25, -0.2) is 4.79 Å². The number of carbonyl (C=O) groups is 2. The van der Waals surface area contributed by atoms with Crippen molar-refractivity contribution >= 4 is 39.5 Å². The monoisotopic (exact) mass is 527 g/mol. The van der Waals surface area contributed by atoms with Crippen molar-refractivity contribution in [3.05, 3.63) is 71.5 Å². The number of anilines is 1. The van der Waals surface area contributed by atoms with E-state index >= 15 is 0 Å². The molecule has 5 rings (SSSR count). The lowest BCUT2D eigenvalue weighted by Gasteiger charge is -2.24. The molecule has 0 bridgehead atoms. The number of nitrogens with one attached hydrogen (secondary N) is 4. The van der Waals surface area contributed by atoms with Crippen LogP contribution in [-0.4, -0.2) is 46.7 Å². The van der Waals surface area contributed by atoms with Gasteiger partial charge in [0.25, 0.3) is 0 Å². The number of hydrogen-bond donors (Lipinski definition) is 4. The molecular formula is C31H37N5O3. The lowest BCUT2D eigenvalue weighted by molar-refractivity contribution is -0.123. The van der Waals surface area contributed by atoms with Crippen LogP contribution in [0.2, 0.25) is 0 Å². The van der Waals surface area contributed by atoms with Crippen LogP contribution in [0, 0.1) is 0 Å². The number of aromatic amines is 1. The number of benzene rings is 2. The molecule has 0 saturated heterocycles. The number of nitrogens with zero attached hydrogens (tertiary/aromatic N) is 1. The van der Waals surface area contributed by atoms with Crippen molar-refractivity contribution in [3.8, 4) is 0 Å². The Kier molecular flexibility index (Phi) is 7.72. The Morgan fingerprint density at radius 2 is 1.74 bits per heavy atom. The predicted molar refractivity (Wildman–Crippen MR) is 155 cm³/mol. The molecule has 4 aromatic rings. The number of ether oxygens (including phenoxy) is 1. The van der Waals surface area contributed by atoms with E-state index in [1.54, 1.807) is 20.8 Å². The number of alkyl carbamates (subject to hydrolysis) is 1. The maximum absolute atomic E-state index is 13.3. The van der Waals surface area contributed by atoms with E-state index in [0.717, 1.165) is 58.7 Å². The van der Waals surface area contributed by atoms with Crippen molar-refractivity contribution < 1.29 is 14.3 Å². The van der Waals surface area contributed by atoms with Crippen LogP contribution < -0.4 is 16.0 Å². The smallest absolute Gasteiger partial charge is 0.408 e. The Balaban J connectivity index is 1.27. The number of carbonyl (C=O) groups excluding carboxylic acids is 2. The van der Waals surface area contributed by atoms with Crippen molar-refractivity contribution in [1.82, 2.24) is 20.6 Å². The van der Waals surface area contributed by atoms with Crippen LogP contribution in [-0.2, 0) is 28.8 Å². The largest absolute Gasteiger partial charge is 0.444 e. The number of para-hydroxylation sites is 2. The number of aryl methyl sites for hydroxylation is 1. The zero-order valence-corrected chi connectivity index (χ0v) is 22.9. The molecule has 0 saturated carbocycles. The molecule has 0 fully saturated rings. The molecule has 1 atom stereocenters. The van der Waals surface area contributed by atoms with Crippen molar-refractivity contribution in [2.45, 2.75) is 64.5 Å². The van der Waals surface area contributed by atoms with E-state index in [-0.39, 0.29) is 5.91 Å². The highest BCUT2D eigenvalue weighted by atomic mass is 16.6. The summed E-state index contributed by atoms with van der Waals surface area (Å²) in [5.74, 6) is -0.255. The highest BCUT2D eigenvalue weighted by Gasteiger charge is 2.26. The molecule has 8 nitrogen and oxygen atoms in total. The molecule has 2 amide bonds. The first-order valence-electron chi connectivity index (χ1n) is 13.7. The Morgan fingerprint density at radius 1 is 1.00 bits per heavy atom. The molecule has 1 aliphatic carbocycles. The van der Waals surface area contributed by atoms with Gasteiger partial charge in [-0.3, -0.25) is 9.78 Å². The van der Waals surface area contributed by atoms with Gasteiger partial charge in [0.2, 0.25) is 5.91 Å². The third-order valence-electron chi connectivity index (χ3n) is 7.00. The summed E-state index contributed by atoms with van der Waals surface area (Å²) in [6.07, 6.45) is 5.94. The van der Waals surface area contributed by atoms with E-state index in [2.05, 4.69) is 33.1 Å². The summed E-state index contributed by atoms with van der Waals surface area (Å²) in [6, 6.07) is 15.3. The van der Waals surface area contributed by atoms with Gasteiger partial charge < -0.3 is 25.7 Å². The molecule has 8 heteroatoms. The van der Waals surface area contributed by atoms with Crippen LogP contribution in [0.3, 0.4) is 0 Å². The summed E-state index contributed by atoms with van der Waals surface area (Å²) in [6.45, 7) is 6.36. The molecule has 4 N–H and O–H groups in total. The Hall–Kier alpha value is -4.07. The summed E-state index contributed by atoms with van der Waals surface area (Å²) in [5, 5.41) is 11.5. The normalized spacial score (nSPS) is 14.0. The standard InChI is InChI=1S/C31H37N5O3/c1-31(2,3)39-30(38)36-27(18-20-19-34-24-13-7-4-10-21(20)24)29(37)33-17-16-32-28-22-11-5-8-14-25(22)35-26-15-9-6-12-23(26)28/h4-5,7-8,10-11,13-14,19,27,34H,6,9,12,15-18H2,1-3H3,(H,32,35)(H,33,37)(H,36,38)/t27-/m0/s1. The summed E-state index contributed by atoms with van der Waals surface area (Å²) in [7, 11) is 0. The van der Waals surface area contributed by atoms with Crippen molar-refractivity contribution in [3.63, 3.8) is 0 Å². The Labute approximate surface area is 228 Å². The topological polar surface area (TPSA) is 108 Å². The fourth-order valence-electron chi connectivity index (χ4n) is 5.25. The van der Waals surface area contributed by atoms with Crippen molar-refractivity contribution in [2.24, 2.45) is 0 Å². The van der Waals surface area contributed by atoms with E-state index in [4.69, 9.17) is 9.72 Å². The number of rotatable bonds is 8. The predicted octanol–water partition coefficient (Wildman–Crippen LogP) is 5.26. The summed E-state index contributed by atoms with van der Waals surface area (Å²) >= 11 is 0. The van der Waals surface area contributed by atoms with E-state index in [9.17, 15) is 9.59 Å². The molecular weight excluding hydrogens is 490 g/mol. The number of H-pyrrole nitrogens is 1. The minimum atomic E-state index is -0.784. The first kappa shape index (κ1) is 26.5. The molecule has 0 spiro atoms. The highest BCUT2D eigenvalue weighted by Crippen LogP contribution is 2.33. The lowest BCUT2D eigenvalue weighted by atomic mass is 9.92. The second-order valence-corrected chi connectivity index (χ2v) is 11.1. The zero-order valence-electron chi connectivity index (χ0n) is 22.9. The first-order chi connectivity index (χ1) is 18.8. The van der Waals surface area contributed by atoms with Crippen LogP contribution in [0.25, 0.3) is 21.8 Å². The van der Waals surface area contributed by atoms with E-state index < -0.39 is 17.7 Å². The summed E-state index contributed by atoms with van der Waals surface area (Å²) in [4.78, 5) is 34.1. The third kappa shape index (κ3) is 6.33. The maximum atomic E-state index is 13.3. The van der Waals surface area contributed by atoms with Crippen LogP contribution in [0.5, 0.6) is 0 Å². The lowest BCUT2D eigenvalue weighted by Crippen LogP contribution is -2.50. The molecule has 2 aromatic heterocycles. The number of hydrogen-bond acceptors (Lipinski definition) is 5. The van der Waals surface area contributed by atoms with Gasteiger partial charge in [0.15, 0.2) is 0 Å². The van der Waals surface area contributed by atoms with Gasteiger partial charge in [-0.05, 0) is 69.7 Å². The molecule has 204 valence electrons. The van der Waals surface area contributed by atoms with Gasteiger partial charge >= 0.3 is 6.09 Å². The molecule has 0 radical (unpaired) electrons. The van der Waals surface area contributed by atoms with Gasteiger partial charge in [0.1, 0.15) is 11.6 Å². The molecule has 2 aromatic carbocycles. The number of fused-ring (bicyclic) bond motifs is 3. The van der Waals surface area contributed by atoms with Gasteiger partial charge in [-0.1, -0.05) is 36.4 Å². The second-order valence-electron chi connectivity index (χ2n) is 11.1. The minimum absolute atomic E-state index is 0.255. The quantitative estimate of drug-likeness (QED) is 0.234. The van der Waals surface area contributed by atoms with Gasteiger partial charge in [0, 0.05) is 53.4 Å². The molecule has 0 aliphatic heterocycles. The van der Waals surface area contributed by atoms with Crippen LogP contribution in [0.15, 0.2) is 54.7 Å². The fraction of sp³-hybridized carbons (Fsp3) is 0.387. The van der Waals surface area contributed by atoms with E-state index in [0.29, 0.717) is 19.5 Å². The van der Waals surface area contributed by atoms with Crippen molar-refractivity contribution in [2.75, 3.05) is 18.4 Å². The average molecular weight is 528 g/mol. The molecule has 39 heavy (non-hydrogen) atoms. The van der Waals surface area contributed by atoms with Crippen LogP contribution >= 0.6 is 0 Å².